The third-order valence-electron chi connectivity index (χ3n) is 2.11. The lowest BCUT2D eigenvalue weighted by Gasteiger charge is -2.33. The highest BCUT2D eigenvalue weighted by Crippen LogP contribution is 2.32. The number of nitrogens with zero attached hydrogens (tertiary/aromatic N) is 1. The van der Waals surface area contributed by atoms with Gasteiger partial charge in [0.25, 0.3) is 0 Å². The third kappa shape index (κ3) is 4.17. The molecule has 9 heteroatoms. The van der Waals surface area contributed by atoms with Gasteiger partial charge in [-0.25, -0.2) is 0 Å². The van der Waals surface area contributed by atoms with E-state index in [4.69, 9.17) is 0 Å². The summed E-state index contributed by atoms with van der Waals surface area (Å²) in [5, 5.41) is 0.717. The normalized spacial score (nSPS) is 23.4. The highest BCUT2D eigenvalue weighted by atomic mass is 32.2. The number of hydrogen-bond acceptors (Lipinski definition) is 5. The van der Waals surface area contributed by atoms with Gasteiger partial charge in [-0.3, -0.25) is 0 Å². The van der Waals surface area contributed by atoms with Crippen LogP contribution in [0.1, 0.15) is 6.42 Å². The van der Waals surface area contributed by atoms with E-state index >= 15 is 0 Å². The van der Waals surface area contributed by atoms with Gasteiger partial charge in [-0.05, 0) is 6.08 Å². The smallest absolute Gasteiger partial charge is 0.387 e. The van der Waals surface area contributed by atoms with Gasteiger partial charge in [0.1, 0.15) is 11.8 Å². The molecular weight excluding hydrogens is 263 g/mol. The predicted octanol–water partition coefficient (Wildman–Crippen LogP) is 1.04. The topological polar surface area (TPSA) is 55.8 Å². The zero-order valence-electron chi connectivity index (χ0n) is 9.19. The monoisotopic (exact) mass is 275 g/mol. The van der Waals surface area contributed by atoms with Gasteiger partial charge < -0.3 is 9.02 Å². The maximum Gasteiger partial charge on any atom is 0.406 e. The lowest BCUT2D eigenvalue weighted by molar-refractivity contribution is -0.263. The van der Waals surface area contributed by atoms with Gasteiger partial charge in [0.05, 0.1) is 13.4 Å². The highest BCUT2D eigenvalue weighted by Gasteiger charge is 2.46. The van der Waals surface area contributed by atoms with Crippen LogP contribution in [-0.2, 0) is 19.1 Å². The summed E-state index contributed by atoms with van der Waals surface area (Å²) in [6.07, 6.45) is -3.09. The molecule has 1 aliphatic rings. The molecule has 0 aliphatic carbocycles. The zero-order valence-corrected chi connectivity index (χ0v) is 10.0. The summed E-state index contributed by atoms with van der Waals surface area (Å²) in [5.41, 5.74) is 0. The Morgan fingerprint density at radius 2 is 2.06 bits per heavy atom. The maximum absolute atomic E-state index is 12.6. The Labute approximate surface area is 96.9 Å². The van der Waals surface area contributed by atoms with E-state index < -0.39 is 28.8 Å². The molecule has 0 radical (unpaired) electrons. The first-order valence-electron chi connectivity index (χ1n) is 4.59. The Morgan fingerprint density at radius 1 is 1.47 bits per heavy atom. The van der Waals surface area contributed by atoms with Crippen LogP contribution in [-0.4, -0.2) is 45.6 Å². The van der Waals surface area contributed by atoms with Crippen LogP contribution in [0.15, 0.2) is 11.8 Å². The van der Waals surface area contributed by atoms with E-state index in [1.165, 1.54) is 6.08 Å². The van der Waals surface area contributed by atoms with Crippen LogP contribution < -0.4 is 0 Å². The van der Waals surface area contributed by atoms with Crippen molar-refractivity contribution in [1.29, 1.82) is 0 Å². The molecule has 0 fully saturated rings. The minimum Gasteiger partial charge on any atom is -0.387 e. The Hall–Kier alpha value is -0.800. The van der Waals surface area contributed by atoms with E-state index in [1.807, 2.05) is 0 Å². The Balaban J connectivity index is 2.85. The second kappa shape index (κ2) is 4.83. The number of hydrogen-bond donors (Lipinski definition) is 0. The minimum atomic E-state index is -4.52. The lowest BCUT2D eigenvalue weighted by Crippen LogP contribution is -2.47. The number of rotatable bonds is 3. The number of hydroxylamine groups is 2. The fraction of sp³-hybridized carbons (Fsp3) is 0.750. The first-order valence-corrected chi connectivity index (χ1v) is 6.41. The van der Waals surface area contributed by atoms with Crippen molar-refractivity contribution in [3.05, 3.63) is 11.8 Å². The van der Waals surface area contributed by atoms with Gasteiger partial charge >= 0.3 is 16.3 Å². The van der Waals surface area contributed by atoms with Crippen molar-refractivity contribution >= 4 is 10.1 Å². The summed E-state index contributed by atoms with van der Waals surface area (Å²) in [6.45, 7) is -0.189. The predicted molar refractivity (Wildman–Crippen MR) is 52.2 cm³/mol. The lowest BCUT2D eigenvalue weighted by atomic mass is 10.1. The quantitative estimate of drug-likeness (QED) is 0.720. The fourth-order valence-electron chi connectivity index (χ4n) is 1.44. The van der Waals surface area contributed by atoms with E-state index in [0.29, 0.717) is 0 Å². The van der Waals surface area contributed by atoms with E-state index in [9.17, 15) is 21.6 Å². The molecule has 0 aromatic rings. The van der Waals surface area contributed by atoms with Crippen LogP contribution in [0, 0.1) is 0 Å². The summed E-state index contributed by atoms with van der Waals surface area (Å²) in [7, 11) is -2.69. The second-order valence-corrected chi connectivity index (χ2v) is 5.08. The van der Waals surface area contributed by atoms with Crippen LogP contribution in [0.25, 0.3) is 0 Å². The molecular formula is C8H12F3NO4S. The molecule has 1 unspecified atom stereocenters. The Morgan fingerprint density at radius 3 is 2.47 bits per heavy atom. The summed E-state index contributed by atoms with van der Waals surface area (Å²) < 4.78 is 64.0. The molecule has 1 atom stereocenters. The molecule has 17 heavy (non-hydrogen) atoms. The first-order chi connectivity index (χ1) is 7.63. The van der Waals surface area contributed by atoms with Crippen LogP contribution in [0.3, 0.4) is 0 Å². The maximum atomic E-state index is 12.6. The molecule has 0 saturated heterocycles. The largest absolute Gasteiger partial charge is 0.406 e. The van der Waals surface area contributed by atoms with E-state index in [2.05, 4.69) is 9.02 Å². The minimum absolute atomic E-state index is 0.189. The van der Waals surface area contributed by atoms with Gasteiger partial charge in [-0.2, -0.15) is 26.7 Å². The van der Waals surface area contributed by atoms with E-state index in [-0.39, 0.29) is 12.3 Å². The van der Waals surface area contributed by atoms with Crippen LogP contribution in [0.5, 0.6) is 0 Å². The molecule has 0 N–H and O–H groups in total. The van der Waals surface area contributed by atoms with E-state index in [1.54, 1.807) is 0 Å². The molecule has 0 aromatic heterocycles. The molecule has 0 spiro atoms. The molecule has 0 bridgehead atoms. The van der Waals surface area contributed by atoms with Gasteiger partial charge in [0.15, 0.2) is 0 Å². The second-order valence-electron chi connectivity index (χ2n) is 3.50. The molecule has 1 aliphatic heterocycles. The number of alkyl halides is 3. The summed E-state index contributed by atoms with van der Waals surface area (Å²) in [5.74, 6) is -0.219. The van der Waals surface area contributed by atoms with Crippen molar-refractivity contribution in [2.45, 2.75) is 18.6 Å². The average molecular weight is 275 g/mol. The molecule has 0 amide bonds. The average Bonchev–Trinajstić information content (AvgIpc) is 2.13. The van der Waals surface area contributed by atoms with Crippen molar-refractivity contribution in [2.24, 2.45) is 0 Å². The SMILES string of the molecule is CON1CC=C(OS(C)(=O)=O)CC1C(F)(F)F. The summed E-state index contributed by atoms with van der Waals surface area (Å²) in [6, 6.07) is -1.91. The van der Waals surface area contributed by atoms with Crippen molar-refractivity contribution < 1.29 is 30.6 Å². The van der Waals surface area contributed by atoms with Crippen molar-refractivity contribution in [1.82, 2.24) is 5.06 Å². The van der Waals surface area contributed by atoms with Crippen LogP contribution in [0.2, 0.25) is 0 Å². The molecule has 1 heterocycles. The first kappa shape index (κ1) is 14.3. The van der Waals surface area contributed by atoms with Crippen molar-refractivity contribution in [3.8, 4) is 0 Å². The van der Waals surface area contributed by atoms with Gasteiger partial charge in [0.2, 0.25) is 0 Å². The summed E-state index contributed by atoms with van der Waals surface area (Å²) >= 11 is 0. The van der Waals surface area contributed by atoms with Crippen LogP contribution in [0.4, 0.5) is 13.2 Å². The molecule has 1 rings (SSSR count). The van der Waals surface area contributed by atoms with Crippen molar-refractivity contribution in [3.63, 3.8) is 0 Å². The third-order valence-corrected chi connectivity index (χ3v) is 2.63. The zero-order chi connectivity index (χ0) is 13.3. The van der Waals surface area contributed by atoms with Gasteiger partial charge in [0, 0.05) is 13.0 Å². The van der Waals surface area contributed by atoms with E-state index in [0.717, 1.165) is 18.4 Å². The van der Waals surface area contributed by atoms with Crippen molar-refractivity contribution in [2.75, 3.05) is 19.9 Å². The molecule has 0 aromatic carbocycles. The molecule has 100 valence electrons. The molecule has 5 nitrogen and oxygen atoms in total. The van der Waals surface area contributed by atoms with Gasteiger partial charge in [-0.15, -0.1) is 0 Å². The summed E-state index contributed by atoms with van der Waals surface area (Å²) in [4.78, 5) is 4.57. The Kier molecular flexibility index (Phi) is 4.05. The fourth-order valence-corrected chi connectivity index (χ4v) is 1.96. The molecule has 0 saturated carbocycles. The number of halogens is 3. The van der Waals surface area contributed by atoms with Gasteiger partial charge in [-0.1, -0.05) is 0 Å². The standard InChI is InChI=1S/C8H12F3NO4S/c1-15-12-4-3-6(16-17(2,13)14)5-7(12)8(9,10)11/h3,7H,4-5H2,1-2H3. The van der Waals surface area contributed by atoms with Crippen LogP contribution >= 0.6 is 0 Å². The highest BCUT2D eigenvalue weighted by molar-refractivity contribution is 7.86. The Bertz CT molecular complexity index is 403.